The number of hydrogen-bond donors (Lipinski definition) is 1. The van der Waals surface area contributed by atoms with Gasteiger partial charge in [-0.1, -0.05) is 36.4 Å². The fourth-order valence-corrected chi connectivity index (χ4v) is 3.93. The molecule has 1 N–H and O–H groups in total. The number of rotatable bonds is 9. The van der Waals surface area contributed by atoms with Gasteiger partial charge in [-0.25, -0.2) is 13.8 Å². The van der Waals surface area contributed by atoms with Gasteiger partial charge in [0, 0.05) is 20.3 Å². The lowest BCUT2D eigenvalue weighted by Crippen LogP contribution is -2.39. The number of benzene rings is 3. The van der Waals surface area contributed by atoms with Crippen LogP contribution >= 0.6 is 0 Å². The molecule has 0 aliphatic rings. The van der Waals surface area contributed by atoms with Gasteiger partial charge in [-0.15, -0.1) is 0 Å². The molecule has 7 nitrogen and oxygen atoms in total. The third kappa shape index (κ3) is 5.55. The molecule has 0 saturated heterocycles. The first-order chi connectivity index (χ1) is 17.0. The maximum atomic E-state index is 13.5. The topological polar surface area (TPSA) is 82.3 Å². The average Bonchev–Trinajstić information content (AvgIpc) is 2.87. The summed E-state index contributed by atoms with van der Waals surface area (Å²) in [6, 6.07) is 19.6. The van der Waals surface area contributed by atoms with Gasteiger partial charge in [0.25, 0.3) is 5.56 Å². The molecular weight excluding hydrogens is 449 g/mol. The van der Waals surface area contributed by atoms with E-state index in [1.165, 1.54) is 16.7 Å². The number of carbonyl (C=O) groups excluding carboxylic acids is 1. The van der Waals surface area contributed by atoms with Crippen molar-refractivity contribution in [3.05, 3.63) is 111 Å². The summed E-state index contributed by atoms with van der Waals surface area (Å²) in [5, 5.41) is 3.23. The smallest absolute Gasteiger partial charge is 0.336 e. The largest absolute Gasteiger partial charge is 0.385 e. The van der Waals surface area contributed by atoms with Gasteiger partial charge < -0.3 is 10.1 Å². The minimum Gasteiger partial charge on any atom is -0.385 e. The lowest BCUT2D eigenvalue weighted by molar-refractivity contribution is -0.120. The van der Waals surface area contributed by atoms with E-state index >= 15 is 0 Å². The Morgan fingerprint density at radius 1 is 0.943 bits per heavy atom. The second-order valence-electron chi connectivity index (χ2n) is 8.19. The predicted octanol–water partition coefficient (Wildman–Crippen LogP) is 3.04. The fraction of sp³-hybridized carbons (Fsp3) is 0.222. The van der Waals surface area contributed by atoms with Crippen LogP contribution in [0, 0.1) is 5.82 Å². The summed E-state index contributed by atoms with van der Waals surface area (Å²) in [6.45, 7) is 1.29. The quantitative estimate of drug-likeness (QED) is 0.377. The summed E-state index contributed by atoms with van der Waals surface area (Å²) in [7, 11) is 1.61. The number of halogens is 1. The normalized spacial score (nSPS) is 11.0. The molecule has 4 rings (SSSR count). The minimum absolute atomic E-state index is 0.113. The number of aromatic nitrogens is 2. The molecule has 0 unspecified atom stereocenters. The van der Waals surface area contributed by atoms with Crippen molar-refractivity contribution in [2.45, 2.75) is 19.4 Å². The molecule has 0 aliphatic heterocycles. The number of fused-ring (bicyclic) bond motifs is 1. The van der Waals surface area contributed by atoms with Gasteiger partial charge in [-0.05, 0) is 53.9 Å². The standard InChI is InChI=1S/C27H26FN3O4/c1-35-16-4-15-29-25(32)17-19-9-13-22(14-10-19)31-26(33)23-5-2-3-6-24(23)30(27(31)34)18-20-7-11-21(28)12-8-20/h2-3,5-14H,4,15-18H2,1H3,(H,29,32). The van der Waals surface area contributed by atoms with E-state index in [4.69, 9.17) is 4.74 Å². The molecule has 180 valence electrons. The lowest BCUT2D eigenvalue weighted by atomic mass is 10.1. The highest BCUT2D eigenvalue weighted by atomic mass is 19.1. The zero-order chi connectivity index (χ0) is 24.8. The van der Waals surface area contributed by atoms with E-state index in [-0.39, 0.29) is 24.7 Å². The number of nitrogens with one attached hydrogen (secondary N) is 1. The van der Waals surface area contributed by atoms with Crippen molar-refractivity contribution in [2.75, 3.05) is 20.3 Å². The average molecular weight is 476 g/mol. The van der Waals surface area contributed by atoms with Crippen LogP contribution in [0.4, 0.5) is 4.39 Å². The fourth-order valence-electron chi connectivity index (χ4n) is 3.93. The van der Waals surface area contributed by atoms with E-state index in [9.17, 15) is 18.8 Å². The number of amides is 1. The molecule has 0 radical (unpaired) electrons. The second-order valence-corrected chi connectivity index (χ2v) is 8.19. The molecular formula is C27H26FN3O4. The monoisotopic (exact) mass is 475 g/mol. The Labute approximate surface area is 201 Å². The summed E-state index contributed by atoms with van der Waals surface area (Å²) in [6.07, 6.45) is 0.922. The molecule has 0 atom stereocenters. The van der Waals surface area contributed by atoms with Crippen LogP contribution in [0.15, 0.2) is 82.4 Å². The molecule has 0 saturated carbocycles. The maximum Gasteiger partial charge on any atom is 0.336 e. The Kier molecular flexibility index (Phi) is 7.52. The number of methoxy groups -OCH3 is 1. The van der Waals surface area contributed by atoms with E-state index < -0.39 is 11.2 Å². The number of hydrogen-bond acceptors (Lipinski definition) is 4. The SMILES string of the molecule is COCCCNC(=O)Cc1ccc(-n2c(=O)c3ccccc3n(Cc3ccc(F)cc3)c2=O)cc1. The van der Waals surface area contributed by atoms with Gasteiger partial charge in [-0.3, -0.25) is 14.2 Å². The van der Waals surface area contributed by atoms with Gasteiger partial charge in [0.2, 0.25) is 5.91 Å². The third-order valence-corrected chi connectivity index (χ3v) is 5.71. The molecule has 1 amide bonds. The van der Waals surface area contributed by atoms with E-state index in [1.807, 2.05) is 0 Å². The summed E-state index contributed by atoms with van der Waals surface area (Å²) in [5.41, 5.74) is 1.48. The third-order valence-electron chi connectivity index (χ3n) is 5.71. The Morgan fingerprint density at radius 2 is 1.63 bits per heavy atom. The summed E-state index contributed by atoms with van der Waals surface area (Å²) in [5.74, 6) is -0.474. The zero-order valence-corrected chi connectivity index (χ0v) is 19.4. The van der Waals surface area contributed by atoms with Crippen LogP contribution in [0.1, 0.15) is 17.5 Å². The highest BCUT2D eigenvalue weighted by molar-refractivity contribution is 5.79. The van der Waals surface area contributed by atoms with Crippen molar-refractivity contribution < 1.29 is 13.9 Å². The Hall–Kier alpha value is -4.04. The minimum atomic E-state index is -0.498. The molecule has 4 aromatic rings. The Bertz CT molecular complexity index is 1440. The van der Waals surface area contributed by atoms with Gasteiger partial charge >= 0.3 is 5.69 Å². The van der Waals surface area contributed by atoms with Gasteiger partial charge in [0.05, 0.1) is 29.6 Å². The first-order valence-electron chi connectivity index (χ1n) is 11.3. The van der Waals surface area contributed by atoms with Crippen LogP contribution in [0.5, 0.6) is 0 Å². The van der Waals surface area contributed by atoms with Crippen molar-refractivity contribution >= 4 is 16.8 Å². The van der Waals surface area contributed by atoms with E-state index in [2.05, 4.69) is 5.32 Å². The highest BCUT2D eigenvalue weighted by Crippen LogP contribution is 2.14. The molecule has 0 aliphatic carbocycles. The number of ether oxygens (including phenoxy) is 1. The molecule has 1 heterocycles. The molecule has 0 spiro atoms. The van der Waals surface area contributed by atoms with E-state index in [0.717, 1.165) is 22.1 Å². The van der Waals surface area contributed by atoms with Crippen molar-refractivity contribution in [2.24, 2.45) is 0 Å². The molecule has 0 bridgehead atoms. The van der Waals surface area contributed by atoms with Crippen LogP contribution in [0.3, 0.4) is 0 Å². The number of carbonyl (C=O) groups is 1. The Balaban J connectivity index is 1.66. The van der Waals surface area contributed by atoms with E-state index in [0.29, 0.717) is 29.7 Å². The Morgan fingerprint density at radius 3 is 2.34 bits per heavy atom. The van der Waals surface area contributed by atoms with Crippen molar-refractivity contribution in [3.63, 3.8) is 0 Å². The molecule has 0 fully saturated rings. The van der Waals surface area contributed by atoms with Crippen molar-refractivity contribution in [1.82, 2.24) is 14.5 Å². The molecule has 35 heavy (non-hydrogen) atoms. The van der Waals surface area contributed by atoms with Crippen LogP contribution < -0.4 is 16.6 Å². The first-order valence-corrected chi connectivity index (χ1v) is 11.3. The van der Waals surface area contributed by atoms with Gasteiger partial charge in [0.1, 0.15) is 5.82 Å². The summed E-state index contributed by atoms with van der Waals surface area (Å²) in [4.78, 5) is 38.9. The van der Waals surface area contributed by atoms with E-state index in [1.54, 1.807) is 67.8 Å². The molecule has 8 heteroatoms. The van der Waals surface area contributed by atoms with Crippen LogP contribution in [-0.2, 0) is 22.5 Å². The van der Waals surface area contributed by atoms with Crippen LogP contribution in [0.2, 0.25) is 0 Å². The maximum absolute atomic E-state index is 13.5. The number of nitrogens with zero attached hydrogens (tertiary/aromatic N) is 2. The first kappa shape index (κ1) is 24.1. The lowest BCUT2D eigenvalue weighted by Gasteiger charge is -2.15. The summed E-state index contributed by atoms with van der Waals surface area (Å²) >= 11 is 0. The highest BCUT2D eigenvalue weighted by Gasteiger charge is 2.15. The predicted molar refractivity (Wildman–Crippen MR) is 133 cm³/mol. The van der Waals surface area contributed by atoms with Crippen LogP contribution in [-0.4, -0.2) is 35.3 Å². The summed E-state index contributed by atoms with van der Waals surface area (Å²) < 4.78 is 21.0. The van der Waals surface area contributed by atoms with Crippen LogP contribution in [0.25, 0.3) is 16.6 Å². The molecule has 1 aromatic heterocycles. The molecule has 3 aromatic carbocycles. The van der Waals surface area contributed by atoms with Gasteiger partial charge in [-0.2, -0.15) is 0 Å². The second kappa shape index (κ2) is 10.9. The van der Waals surface area contributed by atoms with Gasteiger partial charge in [0.15, 0.2) is 0 Å². The van der Waals surface area contributed by atoms with Crippen molar-refractivity contribution in [1.29, 1.82) is 0 Å². The van der Waals surface area contributed by atoms with Crippen molar-refractivity contribution in [3.8, 4) is 5.69 Å². The zero-order valence-electron chi connectivity index (χ0n) is 19.4. The number of para-hydroxylation sites is 1.